The Bertz CT molecular complexity index is 891. The van der Waals surface area contributed by atoms with Gasteiger partial charge in [-0.05, 0) is 66.7 Å². The summed E-state index contributed by atoms with van der Waals surface area (Å²) in [4.78, 5) is 17.2. The second kappa shape index (κ2) is 8.64. The second-order valence-electron chi connectivity index (χ2n) is 5.52. The maximum atomic E-state index is 11.9. The molecule has 27 heavy (non-hydrogen) atoms. The molecular formula is C20H20N2O4S. The summed E-state index contributed by atoms with van der Waals surface area (Å²) < 4.78 is 16.0. The number of carbonyl (C=O) groups is 1. The molecule has 140 valence electrons. The van der Waals surface area contributed by atoms with E-state index in [4.69, 9.17) is 14.2 Å². The normalized spacial score (nSPS) is 16.5. The fourth-order valence-corrected chi connectivity index (χ4v) is 3.26. The standard InChI is InChI=1S/C20H20N2O4S/c1-4-26-15-8-6-14(7-9-15)21-19-18(27-20(23)22-19)12-13-5-10-16(24-2)17(11-13)25-3/h5-12H,4H2,1-3H3,(H,21,22,23). The van der Waals surface area contributed by atoms with E-state index >= 15 is 0 Å². The van der Waals surface area contributed by atoms with Gasteiger partial charge in [-0.2, -0.15) is 0 Å². The van der Waals surface area contributed by atoms with Crippen molar-refractivity contribution >= 4 is 34.6 Å². The first-order chi connectivity index (χ1) is 13.1. The number of aliphatic imine (C=N–C) groups is 1. The molecule has 1 heterocycles. The van der Waals surface area contributed by atoms with Crippen molar-refractivity contribution in [2.45, 2.75) is 6.92 Å². The number of benzene rings is 2. The van der Waals surface area contributed by atoms with Crippen LogP contribution in [0.5, 0.6) is 17.2 Å². The molecule has 1 fully saturated rings. The molecule has 0 aliphatic carbocycles. The van der Waals surface area contributed by atoms with Gasteiger partial charge in [0.15, 0.2) is 11.5 Å². The number of amides is 1. The van der Waals surface area contributed by atoms with Gasteiger partial charge in [-0.3, -0.25) is 4.79 Å². The van der Waals surface area contributed by atoms with Crippen LogP contribution in [0.2, 0.25) is 0 Å². The van der Waals surface area contributed by atoms with E-state index in [1.807, 2.05) is 55.5 Å². The number of methoxy groups -OCH3 is 2. The number of amidine groups is 1. The zero-order chi connectivity index (χ0) is 19.2. The molecule has 0 spiro atoms. The molecule has 0 bridgehead atoms. The molecule has 1 amide bonds. The van der Waals surface area contributed by atoms with E-state index < -0.39 is 0 Å². The topological polar surface area (TPSA) is 69.2 Å². The first-order valence-corrected chi connectivity index (χ1v) is 9.19. The minimum Gasteiger partial charge on any atom is -0.494 e. The largest absolute Gasteiger partial charge is 0.494 e. The molecule has 0 atom stereocenters. The van der Waals surface area contributed by atoms with E-state index in [0.29, 0.717) is 23.9 Å². The van der Waals surface area contributed by atoms with Crippen LogP contribution in [0.15, 0.2) is 52.4 Å². The van der Waals surface area contributed by atoms with Crippen LogP contribution in [0.1, 0.15) is 12.5 Å². The van der Waals surface area contributed by atoms with Crippen molar-refractivity contribution in [1.29, 1.82) is 0 Å². The molecule has 1 aliphatic rings. The maximum Gasteiger partial charge on any atom is 0.289 e. The van der Waals surface area contributed by atoms with Crippen LogP contribution in [0.25, 0.3) is 6.08 Å². The summed E-state index contributed by atoms with van der Waals surface area (Å²) in [6.45, 7) is 2.55. The number of ether oxygens (including phenoxy) is 3. The first kappa shape index (κ1) is 18.8. The maximum absolute atomic E-state index is 11.9. The van der Waals surface area contributed by atoms with Gasteiger partial charge in [-0.25, -0.2) is 4.99 Å². The molecule has 2 aromatic rings. The Kier molecular flexibility index (Phi) is 6.03. The van der Waals surface area contributed by atoms with E-state index in [-0.39, 0.29) is 5.24 Å². The van der Waals surface area contributed by atoms with Crippen molar-refractivity contribution in [3.8, 4) is 17.2 Å². The molecule has 1 N–H and O–H groups in total. The number of thioether (sulfide) groups is 1. The van der Waals surface area contributed by atoms with Gasteiger partial charge in [0, 0.05) is 0 Å². The van der Waals surface area contributed by atoms with E-state index in [1.54, 1.807) is 14.2 Å². The van der Waals surface area contributed by atoms with Gasteiger partial charge in [0.05, 0.1) is 31.4 Å². The zero-order valence-electron chi connectivity index (χ0n) is 15.3. The summed E-state index contributed by atoms with van der Waals surface area (Å²) in [5, 5.41) is 2.62. The highest BCUT2D eigenvalue weighted by atomic mass is 32.2. The molecule has 0 unspecified atom stereocenters. The molecule has 7 heteroatoms. The lowest BCUT2D eigenvalue weighted by atomic mass is 10.2. The monoisotopic (exact) mass is 384 g/mol. The van der Waals surface area contributed by atoms with Gasteiger partial charge < -0.3 is 19.5 Å². The quantitative estimate of drug-likeness (QED) is 0.786. The number of hydrogen-bond acceptors (Lipinski definition) is 6. The van der Waals surface area contributed by atoms with Gasteiger partial charge in [-0.15, -0.1) is 0 Å². The lowest BCUT2D eigenvalue weighted by molar-refractivity contribution is 0.265. The Morgan fingerprint density at radius 3 is 2.48 bits per heavy atom. The molecule has 1 aliphatic heterocycles. The summed E-state index contributed by atoms with van der Waals surface area (Å²) in [6, 6.07) is 13.0. The molecule has 1 saturated heterocycles. The number of hydrogen-bond donors (Lipinski definition) is 1. The van der Waals surface area contributed by atoms with Gasteiger partial charge in [0.25, 0.3) is 5.24 Å². The predicted octanol–water partition coefficient (Wildman–Crippen LogP) is 4.63. The van der Waals surface area contributed by atoms with Gasteiger partial charge in [0.1, 0.15) is 11.6 Å². The average molecular weight is 384 g/mol. The molecular weight excluding hydrogens is 364 g/mol. The second-order valence-corrected chi connectivity index (χ2v) is 6.54. The van der Waals surface area contributed by atoms with Crippen LogP contribution in [-0.4, -0.2) is 31.9 Å². The molecule has 2 aromatic carbocycles. The molecule has 6 nitrogen and oxygen atoms in total. The summed E-state index contributed by atoms with van der Waals surface area (Å²) >= 11 is 1.11. The van der Waals surface area contributed by atoms with Crippen molar-refractivity contribution in [1.82, 2.24) is 5.32 Å². The van der Waals surface area contributed by atoms with Crippen LogP contribution in [0.3, 0.4) is 0 Å². The zero-order valence-corrected chi connectivity index (χ0v) is 16.1. The SMILES string of the molecule is CCOc1ccc(N=C2NC(=O)SC2=Cc2ccc(OC)c(OC)c2)cc1. The Labute approximate surface area is 162 Å². The summed E-state index contributed by atoms with van der Waals surface area (Å²) in [6.07, 6.45) is 1.89. The third kappa shape index (κ3) is 4.62. The van der Waals surface area contributed by atoms with Gasteiger partial charge in [-0.1, -0.05) is 6.07 Å². The Balaban J connectivity index is 1.89. The van der Waals surface area contributed by atoms with E-state index in [2.05, 4.69) is 10.3 Å². The number of carbonyl (C=O) groups excluding carboxylic acids is 1. The first-order valence-electron chi connectivity index (χ1n) is 8.37. The fraction of sp³-hybridized carbons (Fsp3) is 0.200. The minimum atomic E-state index is -0.161. The van der Waals surface area contributed by atoms with Crippen molar-refractivity contribution in [3.05, 3.63) is 52.9 Å². The third-order valence-corrected chi connectivity index (χ3v) is 4.57. The average Bonchev–Trinajstić information content (AvgIpc) is 3.02. The predicted molar refractivity (Wildman–Crippen MR) is 108 cm³/mol. The fourth-order valence-electron chi connectivity index (χ4n) is 2.52. The van der Waals surface area contributed by atoms with Crippen molar-refractivity contribution in [3.63, 3.8) is 0 Å². The minimum absolute atomic E-state index is 0.161. The number of rotatable bonds is 6. The van der Waals surface area contributed by atoms with E-state index in [0.717, 1.165) is 33.7 Å². The highest BCUT2D eigenvalue weighted by molar-refractivity contribution is 8.18. The van der Waals surface area contributed by atoms with Crippen molar-refractivity contribution in [2.24, 2.45) is 4.99 Å². The van der Waals surface area contributed by atoms with Crippen molar-refractivity contribution in [2.75, 3.05) is 20.8 Å². The van der Waals surface area contributed by atoms with E-state index in [1.165, 1.54) is 0 Å². The van der Waals surface area contributed by atoms with Crippen LogP contribution in [-0.2, 0) is 0 Å². The Morgan fingerprint density at radius 2 is 1.81 bits per heavy atom. The Hall–Kier alpha value is -2.93. The van der Waals surface area contributed by atoms with Gasteiger partial charge >= 0.3 is 0 Å². The van der Waals surface area contributed by atoms with E-state index in [9.17, 15) is 4.79 Å². The molecule has 0 radical (unpaired) electrons. The lowest BCUT2D eigenvalue weighted by Gasteiger charge is -2.08. The van der Waals surface area contributed by atoms with Crippen LogP contribution in [0, 0.1) is 0 Å². The molecule has 0 saturated carbocycles. The summed E-state index contributed by atoms with van der Waals surface area (Å²) in [5.74, 6) is 2.58. The smallest absolute Gasteiger partial charge is 0.289 e. The van der Waals surface area contributed by atoms with Crippen molar-refractivity contribution < 1.29 is 19.0 Å². The summed E-state index contributed by atoms with van der Waals surface area (Å²) in [5.41, 5.74) is 1.61. The van der Waals surface area contributed by atoms with Crippen LogP contribution in [0.4, 0.5) is 10.5 Å². The number of nitrogens with zero attached hydrogens (tertiary/aromatic N) is 1. The Morgan fingerprint density at radius 1 is 1.07 bits per heavy atom. The lowest BCUT2D eigenvalue weighted by Crippen LogP contribution is -2.18. The number of nitrogens with one attached hydrogen (secondary N) is 1. The van der Waals surface area contributed by atoms with Crippen LogP contribution < -0.4 is 19.5 Å². The third-order valence-electron chi connectivity index (χ3n) is 3.75. The van der Waals surface area contributed by atoms with Crippen LogP contribution >= 0.6 is 11.8 Å². The highest BCUT2D eigenvalue weighted by Gasteiger charge is 2.23. The molecule has 0 aromatic heterocycles. The van der Waals surface area contributed by atoms with Gasteiger partial charge in [0.2, 0.25) is 0 Å². The summed E-state index contributed by atoms with van der Waals surface area (Å²) in [7, 11) is 3.18. The molecule has 3 rings (SSSR count). The highest BCUT2D eigenvalue weighted by Crippen LogP contribution is 2.32.